The van der Waals surface area contributed by atoms with Crippen LogP contribution in [0.15, 0.2) is 0 Å². The molecule has 0 aromatic heterocycles. The van der Waals surface area contributed by atoms with Gasteiger partial charge >= 0.3 is 39.5 Å². The van der Waals surface area contributed by atoms with E-state index in [4.69, 9.17) is 37.0 Å². The third kappa shape index (κ3) is 72.8. The maximum atomic E-state index is 13.1. The van der Waals surface area contributed by atoms with E-state index < -0.39 is 97.5 Å². The highest BCUT2D eigenvalue weighted by molar-refractivity contribution is 7.47. The number of phosphoric acid groups is 2. The smallest absolute Gasteiger partial charge is 0.462 e. The molecule has 3 unspecified atom stereocenters. The Morgan fingerprint density at radius 2 is 0.515 bits per heavy atom. The Morgan fingerprint density at radius 3 is 0.768 bits per heavy atom. The molecule has 0 rings (SSSR count). The van der Waals surface area contributed by atoms with Crippen LogP contribution in [0.3, 0.4) is 0 Å². The first-order valence-corrected chi connectivity index (χ1v) is 44.5. The lowest BCUT2D eigenvalue weighted by Gasteiger charge is -2.21. The summed E-state index contributed by atoms with van der Waals surface area (Å²) in [6.45, 7) is 9.67. The molecule has 0 saturated carbocycles. The fraction of sp³-hybridized carbons (Fsp3) is 0.950. The average molecular weight is 1450 g/mol. The van der Waals surface area contributed by atoms with Crippen LogP contribution >= 0.6 is 15.6 Å². The van der Waals surface area contributed by atoms with Crippen LogP contribution in [0, 0.1) is 11.8 Å². The normalized spacial score (nSPS) is 14.2. The van der Waals surface area contributed by atoms with E-state index in [9.17, 15) is 43.2 Å². The molecule has 0 saturated heterocycles. The summed E-state index contributed by atoms with van der Waals surface area (Å²) in [5.74, 6) is -0.518. The fourth-order valence-electron chi connectivity index (χ4n) is 12.3. The highest BCUT2D eigenvalue weighted by Gasteiger charge is 2.30. The van der Waals surface area contributed by atoms with Crippen molar-refractivity contribution in [1.29, 1.82) is 0 Å². The van der Waals surface area contributed by atoms with E-state index in [2.05, 4.69) is 41.5 Å². The van der Waals surface area contributed by atoms with E-state index in [0.29, 0.717) is 25.7 Å². The van der Waals surface area contributed by atoms with Crippen molar-refractivity contribution < 1.29 is 80.2 Å². The van der Waals surface area contributed by atoms with E-state index in [1.165, 1.54) is 238 Å². The third-order valence-corrected chi connectivity index (χ3v) is 21.0. The molecule has 17 nitrogen and oxygen atoms in total. The van der Waals surface area contributed by atoms with Gasteiger partial charge in [-0.3, -0.25) is 37.3 Å². The van der Waals surface area contributed by atoms with Gasteiger partial charge in [0.15, 0.2) is 12.2 Å². The molecule has 0 bridgehead atoms. The van der Waals surface area contributed by atoms with Crippen molar-refractivity contribution in [2.75, 3.05) is 39.6 Å². The van der Waals surface area contributed by atoms with Crippen molar-refractivity contribution >= 4 is 39.5 Å². The number of aliphatic hydroxyl groups excluding tert-OH is 1. The Labute approximate surface area is 607 Å². The maximum absolute atomic E-state index is 13.1. The van der Waals surface area contributed by atoms with Gasteiger partial charge in [-0.2, -0.15) is 0 Å². The van der Waals surface area contributed by atoms with Crippen molar-refractivity contribution in [2.24, 2.45) is 11.8 Å². The van der Waals surface area contributed by atoms with Crippen molar-refractivity contribution in [3.8, 4) is 0 Å². The highest BCUT2D eigenvalue weighted by atomic mass is 31.2. The summed E-state index contributed by atoms with van der Waals surface area (Å²) >= 11 is 0. The van der Waals surface area contributed by atoms with Gasteiger partial charge in [-0.25, -0.2) is 9.13 Å². The fourth-order valence-corrected chi connectivity index (χ4v) is 13.9. The van der Waals surface area contributed by atoms with Gasteiger partial charge in [-0.15, -0.1) is 0 Å². The summed E-state index contributed by atoms with van der Waals surface area (Å²) in [6.07, 6.45) is 60.8. The second kappa shape index (κ2) is 71.7. The van der Waals surface area contributed by atoms with E-state index in [1.54, 1.807) is 0 Å². The zero-order chi connectivity index (χ0) is 72.8. The Morgan fingerprint density at radius 1 is 0.293 bits per heavy atom. The van der Waals surface area contributed by atoms with Gasteiger partial charge in [-0.1, -0.05) is 369 Å². The Kier molecular flexibility index (Phi) is 70.3. The molecule has 0 aliphatic heterocycles. The molecule has 0 aromatic carbocycles. The predicted molar refractivity (Wildman–Crippen MR) is 405 cm³/mol. The van der Waals surface area contributed by atoms with E-state index in [0.717, 1.165) is 102 Å². The number of hydrogen-bond acceptors (Lipinski definition) is 15. The molecule has 0 aliphatic rings. The lowest BCUT2D eigenvalue weighted by molar-refractivity contribution is -0.161. The van der Waals surface area contributed by atoms with Crippen LogP contribution in [-0.2, 0) is 65.4 Å². The SMILES string of the molecule is CCCCCCCCCCCCCCCCCCC(=O)OC[C@H](COP(=O)(O)OC[C@@H](O)COP(=O)(O)OC[C@@H](COC(=O)CCCCCCCCCCCC(C)C)OC(=O)CCCCCCCCCCCCCCC)OC(=O)CCCCCCCCCCCCCCCCC(C)CC. The predicted octanol–water partition coefficient (Wildman–Crippen LogP) is 23.9. The molecule has 0 aliphatic carbocycles. The molecular formula is C80H156O17P2. The Bertz CT molecular complexity index is 1910. The number of rotatable bonds is 79. The summed E-state index contributed by atoms with van der Waals surface area (Å²) in [5, 5.41) is 10.6. The quantitative estimate of drug-likeness (QED) is 0.0222. The van der Waals surface area contributed by atoms with Gasteiger partial charge < -0.3 is 33.8 Å². The van der Waals surface area contributed by atoms with Gasteiger partial charge in [0.25, 0.3) is 0 Å². The summed E-state index contributed by atoms with van der Waals surface area (Å²) in [5.41, 5.74) is 0. The number of aliphatic hydroxyl groups is 1. The van der Waals surface area contributed by atoms with Gasteiger partial charge in [0.2, 0.25) is 0 Å². The number of hydrogen-bond donors (Lipinski definition) is 3. The van der Waals surface area contributed by atoms with Crippen LogP contribution < -0.4 is 0 Å². The molecule has 6 atom stereocenters. The second-order valence-electron chi connectivity index (χ2n) is 29.5. The van der Waals surface area contributed by atoms with Crippen molar-refractivity contribution in [1.82, 2.24) is 0 Å². The molecule has 3 N–H and O–H groups in total. The van der Waals surface area contributed by atoms with Crippen molar-refractivity contribution in [3.05, 3.63) is 0 Å². The summed E-state index contributed by atoms with van der Waals surface area (Å²) in [7, 11) is -9.92. The number of ether oxygens (including phenoxy) is 4. The summed E-state index contributed by atoms with van der Waals surface area (Å²) < 4.78 is 68.7. The van der Waals surface area contributed by atoms with Crippen LogP contribution in [0.4, 0.5) is 0 Å². The van der Waals surface area contributed by atoms with Gasteiger partial charge in [0.1, 0.15) is 19.3 Å². The van der Waals surface area contributed by atoms with Crippen LogP contribution in [0.1, 0.15) is 420 Å². The first-order chi connectivity index (χ1) is 47.9. The maximum Gasteiger partial charge on any atom is 0.472 e. The highest BCUT2D eigenvalue weighted by Crippen LogP contribution is 2.45. The summed E-state index contributed by atoms with van der Waals surface area (Å²) in [4.78, 5) is 73.0. The lowest BCUT2D eigenvalue weighted by atomic mass is 9.99. The molecule has 0 spiro atoms. The number of carbonyl (C=O) groups is 4. The minimum atomic E-state index is -4.96. The first-order valence-electron chi connectivity index (χ1n) is 41.5. The van der Waals surface area contributed by atoms with Crippen LogP contribution in [0.5, 0.6) is 0 Å². The molecule has 0 fully saturated rings. The zero-order valence-electron chi connectivity index (χ0n) is 64.8. The second-order valence-corrected chi connectivity index (χ2v) is 32.4. The summed E-state index contributed by atoms with van der Waals surface area (Å²) in [6, 6.07) is 0. The molecule has 0 heterocycles. The monoisotopic (exact) mass is 1450 g/mol. The van der Waals surface area contributed by atoms with Gasteiger partial charge in [0, 0.05) is 25.7 Å². The molecule has 588 valence electrons. The van der Waals surface area contributed by atoms with E-state index >= 15 is 0 Å². The van der Waals surface area contributed by atoms with Crippen LogP contribution in [0.2, 0.25) is 0 Å². The number of esters is 4. The van der Waals surface area contributed by atoms with Crippen LogP contribution in [0.25, 0.3) is 0 Å². The van der Waals surface area contributed by atoms with E-state index in [1.807, 2.05) is 0 Å². The third-order valence-electron chi connectivity index (χ3n) is 19.1. The van der Waals surface area contributed by atoms with Crippen molar-refractivity contribution in [3.63, 3.8) is 0 Å². The van der Waals surface area contributed by atoms with Gasteiger partial charge in [-0.05, 0) is 37.5 Å². The molecular weight excluding hydrogens is 1290 g/mol. The Hall–Kier alpha value is -1.94. The topological polar surface area (TPSA) is 237 Å². The minimum absolute atomic E-state index is 0.107. The average Bonchev–Trinajstić information content (AvgIpc) is 0.986. The van der Waals surface area contributed by atoms with E-state index in [-0.39, 0.29) is 25.7 Å². The number of carbonyl (C=O) groups excluding carboxylic acids is 4. The largest absolute Gasteiger partial charge is 0.472 e. The lowest BCUT2D eigenvalue weighted by Crippen LogP contribution is -2.30. The number of phosphoric ester groups is 2. The standard InChI is InChI=1S/C80H156O17P2/c1-7-10-12-14-16-18-20-22-23-24-29-32-38-44-50-56-62-77(82)90-68-75(96-80(85)65-59-53-47-40-34-30-26-25-28-31-37-43-49-55-61-73(6)9-3)70-94-98(86,87)92-66-74(81)67-93-99(88,89)95-71-76(69-91-78(83)63-57-51-45-41-35-36-42-48-54-60-72(4)5)97-79(84)64-58-52-46-39-33-27-21-19-17-15-13-11-8-2/h72-76,81H,7-71H2,1-6H3,(H,86,87)(H,88,89)/t73?,74-,75-,76-/m1/s1. The Balaban J connectivity index is 5.26. The molecule has 19 heteroatoms. The minimum Gasteiger partial charge on any atom is -0.462 e. The van der Waals surface area contributed by atoms with Crippen LogP contribution in [-0.4, -0.2) is 96.7 Å². The zero-order valence-corrected chi connectivity index (χ0v) is 66.6. The van der Waals surface area contributed by atoms with Crippen molar-refractivity contribution in [2.45, 2.75) is 439 Å². The molecule has 0 amide bonds. The van der Waals surface area contributed by atoms with Gasteiger partial charge in [0.05, 0.1) is 26.4 Å². The molecule has 0 radical (unpaired) electrons. The first kappa shape index (κ1) is 97.1. The number of unbranched alkanes of at least 4 members (excludes halogenated alkanes) is 48. The molecule has 99 heavy (non-hydrogen) atoms. The molecule has 0 aromatic rings.